The Morgan fingerprint density at radius 2 is 2.38 bits per heavy atom. The van der Waals surface area contributed by atoms with Gasteiger partial charge in [0.2, 0.25) is 0 Å². The standard InChI is InChI=1S/C6H12O2/c1-3-4-6(7)5-8-2/h3-4,6-7H,5H2,1-2H3/b4-3+. The fraction of sp³-hybridized carbons (Fsp3) is 0.667. The molecule has 0 aromatic carbocycles. The van der Waals surface area contributed by atoms with Gasteiger partial charge in [0.1, 0.15) is 0 Å². The molecule has 0 spiro atoms. The highest BCUT2D eigenvalue weighted by Crippen LogP contribution is 1.84. The Bertz CT molecular complexity index is 68.9. The van der Waals surface area contributed by atoms with Crippen molar-refractivity contribution in [3.63, 3.8) is 0 Å². The summed E-state index contributed by atoms with van der Waals surface area (Å²) in [6.07, 6.45) is 3.04. The number of rotatable bonds is 3. The van der Waals surface area contributed by atoms with Gasteiger partial charge in [-0.05, 0) is 6.92 Å². The summed E-state index contributed by atoms with van der Waals surface area (Å²) in [6, 6.07) is 0. The molecule has 0 amide bonds. The van der Waals surface area contributed by atoms with E-state index in [1.807, 2.05) is 6.92 Å². The van der Waals surface area contributed by atoms with E-state index >= 15 is 0 Å². The van der Waals surface area contributed by atoms with Crippen LogP contribution in [-0.2, 0) is 4.74 Å². The first-order valence-corrected chi connectivity index (χ1v) is 2.61. The number of ether oxygens (including phenoxy) is 1. The molecule has 0 saturated heterocycles. The monoisotopic (exact) mass is 116 g/mol. The van der Waals surface area contributed by atoms with E-state index in [9.17, 15) is 0 Å². The Hall–Kier alpha value is -0.340. The Kier molecular flexibility index (Phi) is 4.61. The molecule has 2 nitrogen and oxygen atoms in total. The van der Waals surface area contributed by atoms with Crippen molar-refractivity contribution >= 4 is 0 Å². The molecule has 0 aromatic rings. The zero-order chi connectivity index (χ0) is 6.41. The van der Waals surface area contributed by atoms with Crippen LogP contribution in [0, 0.1) is 0 Å². The topological polar surface area (TPSA) is 29.5 Å². The van der Waals surface area contributed by atoms with Gasteiger partial charge in [-0.15, -0.1) is 0 Å². The van der Waals surface area contributed by atoms with Gasteiger partial charge in [0.15, 0.2) is 0 Å². The molecule has 1 atom stereocenters. The van der Waals surface area contributed by atoms with Crippen molar-refractivity contribution in [1.82, 2.24) is 0 Å². The Morgan fingerprint density at radius 3 is 2.75 bits per heavy atom. The van der Waals surface area contributed by atoms with Crippen LogP contribution in [0.25, 0.3) is 0 Å². The third-order valence-corrected chi connectivity index (χ3v) is 0.752. The van der Waals surface area contributed by atoms with Crippen LogP contribution in [0.1, 0.15) is 6.92 Å². The van der Waals surface area contributed by atoms with Crippen molar-refractivity contribution in [2.75, 3.05) is 13.7 Å². The lowest BCUT2D eigenvalue weighted by atomic mass is 10.3. The fourth-order valence-corrected chi connectivity index (χ4v) is 0.448. The van der Waals surface area contributed by atoms with Gasteiger partial charge in [0.05, 0.1) is 12.7 Å². The van der Waals surface area contributed by atoms with Gasteiger partial charge in [-0.3, -0.25) is 0 Å². The highest BCUT2D eigenvalue weighted by molar-refractivity contribution is 4.84. The van der Waals surface area contributed by atoms with E-state index in [2.05, 4.69) is 4.74 Å². The van der Waals surface area contributed by atoms with Crippen LogP contribution in [0.3, 0.4) is 0 Å². The molecule has 0 saturated carbocycles. The molecule has 0 aliphatic rings. The first-order valence-electron chi connectivity index (χ1n) is 2.61. The predicted molar refractivity (Wildman–Crippen MR) is 32.7 cm³/mol. The van der Waals surface area contributed by atoms with Crippen molar-refractivity contribution in [2.45, 2.75) is 13.0 Å². The molecule has 1 unspecified atom stereocenters. The zero-order valence-corrected chi connectivity index (χ0v) is 5.29. The number of aliphatic hydroxyl groups is 1. The lowest BCUT2D eigenvalue weighted by molar-refractivity contribution is 0.0932. The summed E-state index contributed by atoms with van der Waals surface area (Å²) in [5, 5.41) is 8.84. The molecule has 0 bridgehead atoms. The number of hydrogen-bond donors (Lipinski definition) is 1. The molecule has 2 heteroatoms. The first kappa shape index (κ1) is 7.66. The van der Waals surface area contributed by atoms with Gasteiger partial charge in [-0.1, -0.05) is 12.2 Å². The van der Waals surface area contributed by atoms with Crippen LogP contribution < -0.4 is 0 Å². The van der Waals surface area contributed by atoms with E-state index in [0.717, 1.165) is 0 Å². The fourth-order valence-electron chi connectivity index (χ4n) is 0.448. The molecule has 0 fully saturated rings. The van der Waals surface area contributed by atoms with Crippen LogP contribution >= 0.6 is 0 Å². The maximum absolute atomic E-state index is 8.84. The Balaban J connectivity index is 3.17. The SMILES string of the molecule is C/C=C/C(O)COC. The zero-order valence-electron chi connectivity index (χ0n) is 5.29. The molecule has 8 heavy (non-hydrogen) atoms. The van der Waals surface area contributed by atoms with E-state index < -0.39 is 6.10 Å². The van der Waals surface area contributed by atoms with Crippen molar-refractivity contribution in [3.8, 4) is 0 Å². The van der Waals surface area contributed by atoms with Gasteiger partial charge in [-0.25, -0.2) is 0 Å². The van der Waals surface area contributed by atoms with Crippen LogP contribution in [-0.4, -0.2) is 24.9 Å². The van der Waals surface area contributed by atoms with E-state index in [4.69, 9.17) is 5.11 Å². The highest BCUT2D eigenvalue weighted by atomic mass is 16.5. The molecule has 1 N–H and O–H groups in total. The summed E-state index contributed by atoms with van der Waals surface area (Å²) in [5.41, 5.74) is 0. The summed E-state index contributed by atoms with van der Waals surface area (Å²) >= 11 is 0. The number of aliphatic hydroxyl groups excluding tert-OH is 1. The van der Waals surface area contributed by atoms with Crippen LogP contribution in [0.4, 0.5) is 0 Å². The van der Waals surface area contributed by atoms with Crippen LogP contribution in [0.2, 0.25) is 0 Å². The molecule has 0 heterocycles. The smallest absolute Gasteiger partial charge is 0.0954 e. The summed E-state index contributed by atoms with van der Waals surface area (Å²) in [6.45, 7) is 2.24. The summed E-state index contributed by atoms with van der Waals surface area (Å²) in [7, 11) is 1.56. The van der Waals surface area contributed by atoms with E-state index in [-0.39, 0.29) is 0 Å². The summed E-state index contributed by atoms with van der Waals surface area (Å²) < 4.78 is 4.65. The van der Waals surface area contributed by atoms with E-state index in [0.29, 0.717) is 6.61 Å². The molecule has 0 rings (SSSR count). The lowest BCUT2D eigenvalue weighted by Gasteiger charge is -2.00. The summed E-state index contributed by atoms with van der Waals surface area (Å²) in [4.78, 5) is 0. The largest absolute Gasteiger partial charge is 0.387 e. The third kappa shape index (κ3) is 3.84. The van der Waals surface area contributed by atoms with E-state index in [1.165, 1.54) is 0 Å². The van der Waals surface area contributed by atoms with Gasteiger partial charge in [-0.2, -0.15) is 0 Å². The van der Waals surface area contributed by atoms with Gasteiger partial charge in [0, 0.05) is 7.11 Å². The molecule has 48 valence electrons. The molecule has 0 radical (unpaired) electrons. The first-order chi connectivity index (χ1) is 3.81. The van der Waals surface area contributed by atoms with Crippen molar-refractivity contribution < 1.29 is 9.84 Å². The highest BCUT2D eigenvalue weighted by Gasteiger charge is 1.92. The van der Waals surface area contributed by atoms with Crippen LogP contribution in [0.5, 0.6) is 0 Å². The molecule has 0 aliphatic carbocycles. The molecular weight excluding hydrogens is 104 g/mol. The summed E-state index contributed by atoms with van der Waals surface area (Å²) in [5.74, 6) is 0. The average Bonchev–Trinajstić information content (AvgIpc) is 1.68. The predicted octanol–water partition coefficient (Wildman–Crippen LogP) is 0.570. The van der Waals surface area contributed by atoms with E-state index in [1.54, 1.807) is 19.3 Å². The second kappa shape index (κ2) is 4.81. The van der Waals surface area contributed by atoms with Crippen LogP contribution in [0.15, 0.2) is 12.2 Å². The maximum Gasteiger partial charge on any atom is 0.0954 e. The van der Waals surface area contributed by atoms with Gasteiger partial charge >= 0.3 is 0 Å². The second-order valence-corrected chi connectivity index (χ2v) is 1.55. The lowest BCUT2D eigenvalue weighted by Crippen LogP contribution is -2.09. The number of hydrogen-bond acceptors (Lipinski definition) is 2. The minimum atomic E-state index is -0.440. The maximum atomic E-state index is 8.84. The molecule has 0 aromatic heterocycles. The van der Waals surface area contributed by atoms with Crippen molar-refractivity contribution in [3.05, 3.63) is 12.2 Å². The normalized spacial score (nSPS) is 14.9. The Labute approximate surface area is 49.8 Å². The number of methoxy groups -OCH3 is 1. The molecule has 0 aliphatic heterocycles. The van der Waals surface area contributed by atoms with Crippen molar-refractivity contribution in [1.29, 1.82) is 0 Å². The Morgan fingerprint density at radius 1 is 1.75 bits per heavy atom. The number of allylic oxidation sites excluding steroid dienone is 1. The molecular formula is C6H12O2. The van der Waals surface area contributed by atoms with Crippen molar-refractivity contribution in [2.24, 2.45) is 0 Å². The quantitative estimate of drug-likeness (QED) is 0.546. The third-order valence-electron chi connectivity index (χ3n) is 0.752. The van der Waals surface area contributed by atoms with Gasteiger partial charge < -0.3 is 9.84 Å². The second-order valence-electron chi connectivity index (χ2n) is 1.55. The minimum Gasteiger partial charge on any atom is -0.387 e. The van der Waals surface area contributed by atoms with Gasteiger partial charge in [0.25, 0.3) is 0 Å². The minimum absolute atomic E-state index is 0.379. The average molecular weight is 116 g/mol.